The number of hydrogen-bond donors (Lipinski definition) is 1. The van der Waals surface area contributed by atoms with Crippen LogP contribution in [0.1, 0.15) is 53.9 Å². The number of aliphatic hydroxyl groups excluding tert-OH is 1. The van der Waals surface area contributed by atoms with Crippen molar-refractivity contribution < 1.29 is 5.11 Å². The molecule has 0 rings (SSSR count). The number of nitrogens with zero attached hydrogens (tertiary/aromatic N) is 1. The van der Waals surface area contributed by atoms with E-state index in [4.69, 9.17) is 5.11 Å². The zero-order valence-electron chi connectivity index (χ0n) is 13.1. The minimum atomic E-state index is 0.303. The van der Waals surface area contributed by atoms with Crippen LogP contribution < -0.4 is 0 Å². The summed E-state index contributed by atoms with van der Waals surface area (Å²) in [5, 5.41) is 8.97. The molecule has 0 heterocycles. The van der Waals surface area contributed by atoms with Crippen molar-refractivity contribution in [2.75, 3.05) is 19.7 Å². The normalized spacial score (nSPS) is 13.6. The van der Waals surface area contributed by atoms with Gasteiger partial charge in [0.1, 0.15) is 0 Å². The minimum Gasteiger partial charge on any atom is -0.396 e. The first kappa shape index (κ1) is 17.7. The van der Waals surface area contributed by atoms with Crippen molar-refractivity contribution in [3.63, 3.8) is 0 Å². The molecule has 2 heteroatoms. The monoisotopic (exact) mass is 255 g/mol. The Morgan fingerprint density at radius 3 is 2.22 bits per heavy atom. The third-order valence-corrected chi connectivity index (χ3v) is 3.66. The second kappa shape index (κ2) is 9.57. The average Bonchev–Trinajstić information content (AvgIpc) is 2.27. The summed E-state index contributed by atoms with van der Waals surface area (Å²) < 4.78 is 0. The summed E-state index contributed by atoms with van der Waals surface area (Å²) in [6.45, 7) is 17.8. The van der Waals surface area contributed by atoms with E-state index in [9.17, 15) is 0 Å². The van der Waals surface area contributed by atoms with E-state index in [0.29, 0.717) is 24.5 Å². The largest absolute Gasteiger partial charge is 0.396 e. The Balaban J connectivity index is 4.01. The fraction of sp³-hybridized carbons (Fsp3) is 0.875. The van der Waals surface area contributed by atoms with Crippen LogP contribution in [-0.4, -0.2) is 35.7 Å². The first-order valence-corrected chi connectivity index (χ1v) is 7.41. The molecule has 0 bridgehead atoms. The van der Waals surface area contributed by atoms with E-state index in [1.807, 2.05) is 0 Å². The van der Waals surface area contributed by atoms with Gasteiger partial charge in [-0.1, -0.05) is 32.9 Å². The molecule has 1 N–H and O–H groups in total. The highest BCUT2D eigenvalue weighted by Crippen LogP contribution is 2.15. The maximum Gasteiger partial charge on any atom is 0.0434 e. The van der Waals surface area contributed by atoms with Crippen molar-refractivity contribution >= 4 is 0 Å². The second-order valence-electron chi connectivity index (χ2n) is 6.12. The molecule has 18 heavy (non-hydrogen) atoms. The molecular weight excluding hydrogens is 222 g/mol. The molecule has 0 aromatic heterocycles. The summed E-state index contributed by atoms with van der Waals surface area (Å²) in [6, 6.07) is 0.582. The van der Waals surface area contributed by atoms with E-state index < -0.39 is 0 Å². The molecule has 0 aliphatic rings. The molecule has 108 valence electrons. The van der Waals surface area contributed by atoms with Crippen molar-refractivity contribution in [1.82, 2.24) is 4.90 Å². The smallest absolute Gasteiger partial charge is 0.0434 e. The number of hydrogen-bond acceptors (Lipinski definition) is 2. The topological polar surface area (TPSA) is 23.5 Å². The highest BCUT2D eigenvalue weighted by Gasteiger charge is 2.13. The molecule has 1 unspecified atom stereocenters. The van der Waals surface area contributed by atoms with Crippen LogP contribution in [0.25, 0.3) is 0 Å². The molecule has 0 saturated heterocycles. The number of aliphatic hydroxyl groups is 1. The van der Waals surface area contributed by atoms with Crippen molar-refractivity contribution in [1.29, 1.82) is 0 Å². The fourth-order valence-electron chi connectivity index (χ4n) is 2.07. The van der Waals surface area contributed by atoms with E-state index >= 15 is 0 Å². The molecule has 0 spiro atoms. The van der Waals surface area contributed by atoms with E-state index in [2.05, 4.69) is 46.1 Å². The van der Waals surface area contributed by atoms with Crippen LogP contribution in [0.5, 0.6) is 0 Å². The van der Waals surface area contributed by atoms with Gasteiger partial charge in [0.25, 0.3) is 0 Å². The Morgan fingerprint density at radius 2 is 1.78 bits per heavy atom. The van der Waals surface area contributed by atoms with Crippen molar-refractivity contribution in [3.05, 3.63) is 12.2 Å². The van der Waals surface area contributed by atoms with Crippen LogP contribution in [0.15, 0.2) is 12.2 Å². The van der Waals surface area contributed by atoms with Crippen LogP contribution >= 0.6 is 0 Å². The van der Waals surface area contributed by atoms with Crippen LogP contribution in [0.2, 0.25) is 0 Å². The zero-order chi connectivity index (χ0) is 14.1. The van der Waals surface area contributed by atoms with Crippen LogP contribution in [0.3, 0.4) is 0 Å². The van der Waals surface area contributed by atoms with Crippen LogP contribution in [0, 0.1) is 11.8 Å². The Labute approximate surface area is 114 Å². The lowest BCUT2D eigenvalue weighted by molar-refractivity contribution is 0.170. The third kappa shape index (κ3) is 7.88. The quantitative estimate of drug-likeness (QED) is 0.602. The molecule has 1 atom stereocenters. The van der Waals surface area contributed by atoms with Gasteiger partial charge in [-0.05, 0) is 51.5 Å². The van der Waals surface area contributed by atoms with Crippen molar-refractivity contribution in [3.8, 4) is 0 Å². The first-order valence-electron chi connectivity index (χ1n) is 7.41. The molecular formula is C16H33NO. The Kier molecular flexibility index (Phi) is 9.39. The predicted molar refractivity (Wildman–Crippen MR) is 80.8 cm³/mol. The van der Waals surface area contributed by atoms with E-state index in [-0.39, 0.29) is 0 Å². The lowest BCUT2D eigenvalue weighted by Crippen LogP contribution is -2.35. The molecule has 0 fully saturated rings. The van der Waals surface area contributed by atoms with Gasteiger partial charge in [0, 0.05) is 19.2 Å². The number of rotatable bonds is 10. The average molecular weight is 255 g/mol. The van der Waals surface area contributed by atoms with Crippen molar-refractivity contribution in [2.45, 2.75) is 59.9 Å². The summed E-state index contributed by atoms with van der Waals surface area (Å²) in [5.41, 5.74) is 1.36. The fourth-order valence-corrected chi connectivity index (χ4v) is 2.07. The van der Waals surface area contributed by atoms with Gasteiger partial charge in [0.15, 0.2) is 0 Å². The van der Waals surface area contributed by atoms with Gasteiger partial charge in [-0.25, -0.2) is 0 Å². The molecule has 0 aliphatic carbocycles. The van der Waals surface area contributed by atoms with Crippen LogP contribution in [-0.2, 0) is 0 Å². The molecule has 0 aliphatic heterocycles. The van der Waals surface area contributed by atoms with E-state index in [0.717, 1.165) is 25.9 Å². The molecule has 0 radical (unpaired) electrons. The maximum atomic E-state index is 8.97. The third-order valence-electron chi connectivity index (χ3n) is 3.66. The van der Waals surface area contributed by atoms with Crippen LogP contribution in [0.4, 0.5) is 0 Å². The Bertz CT molecular complexity index is 223. The van der Waals surface area contributed by atoms with Gasteiger partial charge in [-0.2, -0.15) is 0 Å². The summed E-state index contributed by atoms with van der Waals surface area (Å²) in [5.74, 6) is 1.18. The van der Waals surface area contributed by atoms with Gasteiger partial charge < -0.3 is 10.0 Å². The molecule has 0 amide bonds. The van der Waals surface area contributed by atoms with Gasteiger partial charge in [-0.15, -0.1) is 0 Å². The van der Waals surface area contributed by atoms with E-state index in [1.165, 1.54) is 12.0 Å². The van der Waals surface area contributed by atoms with E-state index in [1.54, 1.807) is 0 Å². The molecule has 2 nitrogen and oxygen atoms in total. The summed E-state index contributed by atoms with van der Waals surface area (Å²) in [6.07, 6.45) is 3.23. The summed E-state index contributed by atoms with van der Waals surface area (Å²) in [7, 11) is 0. The Hall–Kier alpha value is -0.340. The van der Waals surface area contributed by atoms with Gasteiger partial charge in [0.05, 0.1) is 0 Å². The SMILES string of the molecule is C=C(CCCN(CC(C)CCO)C(C)C)C(C)C. The predicted octanol–water partition coefficient (Wildman–Crippen LogP) is 3.71. The minimum absolute atomic E-state index is 0.303. The molecule has 0 aromatic carbocycles. The lowest BCUT2D eigenvalue weighted by atomic mass is 10.00. The first-order chi connectivity index (χ1) is 8.38. The maximum absolute atomic E-state index is 8.97. The van der Waals surface area contributed by atoms with Gasteiger partial charge in [-0.3, -0.25) is 0 Å². The summed E-state index contributed by atoms with van der Waals surface area (Å²) >= 11 is 0. The molecule has 0 saturated carbocycles. The highest BCUT2D eigenvalue weighted by atomic mass is 16.3. The van der Waals surface area contributed by atoms with Crippen molar-refractivity contribution in [2.24, 2.45) is 11.8 Å². The summed E-state index contributed by atoms with van der Waals surface area (Å²) in [4.78, 5) is 2.52. The van der Waals surface area contributed by atoms with Gasteiger partial charge >= 0.3 is 0 Å². The number of allylic oxidation sites excluding steroid dienone is 1. The molecule has 0 aromatic rings. The second-order valence-corrected chi connectivity index (χ2v) is 6.12. The highest BCUT2D eigenvalue weighted by molar-refractivity contribution is 4.97. The zero-order valence-corrected chi connectivity index (χ0v) is 13.1. The van der Waals surface area contributed by atoms with Gasteiger partial charge in [0.2, 0.25) is 0 Å². The Morgan fingerprint density at radius 1 is 1.17 bits per heavy atom. The standard InChI is InChI=1S/C16H33NO/c1-13(2)16(6)8-7-10-17(14(3)4)12-15(5)9-11-18/h13-15,18H,6-12H2,1-5H3. The lowest BCUT2D eigenvalue weighted by Gasteiger charge is -2.29.